The summed E-state index contributed by atoms with van der Waals surface area (Å²) in [5.74, 6) is -0.906. The average molecular weight is 340 g/mol. The monoisotopic (exact) mass is 339 g/mol. The van der Waals surface area contributed by atoms with Crippen molar-refractivity contribution in [2.75, 3.05) is 26.2 Å². The van der Waals surface area contributed by atoms with Gasteiger partial charge in [0.25, 0.3) is 5.69 Å². The van der Waals surface area contributed by atoms with Gasteiger partial charge in [-0.15, -0.1) is 0 Å². The maximum absolute atomic E-state index is 13.5. The van der Waals surface area contributed by atoms with Gasteiger partial charge >= 0.3 is 6.18 Å². The van der Waals surface area contributed by atoms with Crippen LogP contribution < -0.4 is 5.32 Å². The molecule has 0 bridgehead atoms. The molecule has 0 aliphatic carbocycles. The maximum Gasteiger partial charge on any atom is 0.408 e. The first-order chi connectivity index (χ1) is 10.2. The summed E-state index contributed by atoms with van der Waals surface area (Å²) >= 11 is 5.65. The zero-order chi connectivity index (χ0) is 16.5. The number of nitrogens with one attached hydrogen (secondary N) is 1. The van der Waals surface area contributed by atoms with E-state index in [9.17, 15) is 28.4 Å². The molecule has 0 amide bonds. The molecule has 2 rings (SSSR count). The Kier molecular flexibility index (Phi) is 4.78. The summed E-state index contributed by atoms with van der Waals surface area (Å²) < 4.78 is 40.5. The summed E-state index contributed by atoms with van der Waals surface area (Å²) in [6, 6.07) is -0.407. The van der Waals surface area contributed by atoms with Gasteiger partial charge in [0.1, 0.15) is 11.8 Å². The smallest absolute Gasteiger partial charge is 0.408 e. The van der Waals surface area contributed by atoms with Crippen LogP contribution in [0, 0.1) is 10.1 Å². The van der Waals surface area contributed by atoms with Gasteiger partial charge in [-0.1, -0.05) is 11.6 Å². The topological polar surface area (TPSA) is 78.6 Å². The average Bonchev–Trinajstić information content (AvgIpc) is 2.43. The molecule has 6 nitrogen and oxygen atoms in total. The maximum atomic E-state index is 13.5. The number of rotatable bonds is 3. The predicted octanol–water partition coefficient (Wildman–Crippen LogP) is 2.46. The molecule has 0 saturated carbocycles. The van der Waals surface area contributed by atoms with Crippen LogP contribution in [0.25, 0.3) is 0 Å². The lowest BCUT2D eigenvalue weighted by Crippen LogP contribution is -2.49. The van der Waals surface area contributed by atoms with E-state index in [1.165, 1.54) is 0 Å². The van der Waals surface area contributed by atoms with Gasteiger partial charge in [-0.2, -0.15) is 13.2 Å². The molecule has 1 saturated heterocycles. The number of nitro benzene ring substituents is 1. The van der Waals surface area contributed by atoms with Crippen LogP contribution in [-0.4, -0.2) is 47.3 Å². The number of halogens is 4. The molecule has 0 unspecified atom stereocenters. The molecule has 10 heteroatoms. The Hall–Kier alpha value is -1.58. The lowest BCUT2D eigenvalue weighted by atomic mass is 10.0. The Balaban J connectivity index is 2.61. The number of nitro groups is 1. The molecule has 1 aliphatic rings. The Bertz CT molecular complexity index is 577. The lowest BCUT2D eigenvalue weighted by molar-refractivity contribution is -0.386. The van der Waals surface area contributed by atoms with E-state index in [4.69, 9.17) is 11.6 Å². The third-order valence-corrected chi connectivity index (χ3v) is 3.75. The molecule has 122 valence electrons. The predicted molar refractivity (Wildman–Crippen MR) is 73.0 cm³/mol. The van der Waals surface area contributed by atoms with E-state index in [-0.39, 0.29) is 18.1 Å². The minimum absolute atomic E-state index is 0.0489. The van der Waals surface area contributed by atoms with Gasteiger partial charge in [0.15, 0.2) is 0 Å². The molecule has 1 atom stereocenters. The Morgan fingerprint density at radius 3 is 2.45 bits per heavy atom. The van der Waals surface area contributed by atoms with E-state index in [1.807, 2.05) is 0 Å². The van der Waals surface area contributed by atoms with E-state index in [0.717, 1.165) is 17.0 Å². The van der Waals surface area contributed by atoms with Crippen LogP contribution in [0.3, 0.4) is 0 Å². The van der Waals surface area contributed by atoms with Gasteiger partial charge in [-0.25, -0.2) is 0 Å². The fraction of sp³-hybridized carbons (Fsp3) is 0.500. The van der Waals surface area contributed by atoms with E-state index in [0.29, 0.717) is 13.1 Å². The molecule has 0 radical (unpaired) electrons. The SMILES string of the molecule is O=[N+]([O-])c1ccc(Cl)c(O)c1[C@@H](N1CCNCC1)C(F)(F)F. The largest absolute Gasteiger partial charge is 0.506 e. The fourth-order valence-corrected chi connectivity index (χ4v) is 2.66. The zero-order valence-electron chi connectivity index (χ0n) is 11.2. The molecule has 1 fully saturated rings. The normalized spacial score (nSPS) is 18.2. The van der Waals surface area contributed by atoms with Crippen LogP contribution in [0.15, 0.2) is 12.1 Å². The van der Waals surface area contributed by atoms with Crippen molar-refractivity contribution in [2.24, 2.45) is 0 Å². The zero-order valence-corrected chi connectivity index (χ0v) is 12.0. The van der Waals surface area contributed by atoms with E-state index in [2.05, 4.69) is 5.32 Å². The molecular formula is C12H13ClF3N3O3. The first-order valence-corrected chi connectivity index (χ1v) is 6.78. The van der Waals surface area contributed by atoms with Crippen LogP contribution in [0.4, 0.5) is 18.9 Å². The van der Waals surface area contributed by atoms with E-state index >= 15 is 0 Å². The molecule has 0 aromatic heterocycles. The van der Waals surface area contributed by atoms with Gasteiger partial charge in [0.2, 0.25) is 0 Å². The van der Waals surface area contributed by atoms with Crippen molar-refractivity contribution in [3.63, 3.8) is 0 Å². The number of nitrogens with zero attached hydrogens (tertiary/aromatic N) is 2. The molecule has 0 spiro atoms. The summed E-state index contributed by atoms with van der Waals surface area (Å²) in [7, 11) is 0. The van der Waals surface area contributed by atoms with Gasteiger partial charge < -0.3 is 10.4 Å². The first kappa shape index (κ1) is 16.8. The summed E-state index contributed by atoms with van der Waals surface area (Å²) in [4.78, 5) is 11.2. The van der Waals surface area contributed by atoms with Crippen molar-refractivity contribution in [1.29, 1.82) is 0 Å². The summed E-state index contributed by atoms with van der Waals surface area (Å²) in [6.07, 6.45) is -4.79. The van der Waals surface area contributed by atoms with E-state index < -0.39 is 34.1 Å². The van der Waals surface area contributed by atoms with Crippen LogP contribution >= 0.6 is 11.6 Å². The van der Waals surface area contributed by atoms with Crippen LogP contribution in [0.1, 0.15) is 11.6 Å². The number of phenolic OH excluding ortho intramolecular Hbond substituents is 1. The van der Waals surface area contributed by atoms with Crippen LogP contribution in [-0.2, 0) is 0 Å². The number of phenols is 1. The van der Waals surface area contributed by atoms with E-state index in [1.54, 1.807) is 0 Å². The molecular weight excluding hydrogens is 327 g/mol. The van der Waals surface area contributed by atoms with Crippen LogP contribution in [0.2, 0.25) is 5.02 Å². The molecule has 1 heterocycles. The second-order valence-electron chi connectivity index (χ2n) is 4.82. The molecule has 22 heavy (non-hydrogen) atoms. The minimum Gasteiger partial charge on any atom is -0.506 e. The van der Waals surface area contributed by atoms with Crippen molar-refractivity contribution in [3.8, 4) is 5.75 Å². The second-order valence-corrected chi connectivity index (χ2v) is 5.22. The molecule has 1 aliphatic heterocycles. The highest BCUT2D eigenvalue weighted by molar-refractivity contribution is 6.32. The number of benzene rings is 1. The second kappa shape index (κ2) is 6.27. The number of hydrogen-bond donors (Lipinski definition) is 2. The van der Waals surface area contributed by atoms with Crippen molar-refractivity contribution in [3.05, 3.63) is 32.8 Å². The van der Waals surface area contributed by atoms with Gasteiger partial charge in [-0.05, 0) is 6.07 Å². The number of aromatic hydroxyl groups is 1. The quantitative estimate of drug-likeness (QED) is 0.653. The standard InChI is InChI=1S/C12H13ClF3N3O3/c13-7-1-2-8(19(21)22)9(10(7)20)11(12(14,15)16)18-5-3-17-4-6-18/h1-2,11,17,20H,3-6H2/t11-/m1/s1. The summed E-state index contributed by atoms with van der Waals surface area (Å²) in [6.45, 7) is 0.740. The Morgan fingerprint density at radius 1 is 1.36 bits per heavy atom. The third kappa shape index (κ3) is 3.26. The van der Waals surface area contributed by atoms with Gasteiger partial charge in [0, 0.05) is 32.2 Å². The lowest BCUT2D eigenvalue weighted by Gasteiger charge is -2.36. The number of piperazine rings is 1. The Labute approximate surface area is 128 Å². The van der Waals surface area contributed by atoms with Gasteiger partial charge in [-0.3, -0.25) is 15.0 Å². The van der Waals surface area contributed by atoms with Crippen LogP contribution in [0.5, 0.6) is 5.75 Å². The van der Waals surface area contributed by atoms with Gasteiger partial charge in [0.05, 0.1) is 15.5 Å². The highest BCUT2D eigenvalue weighted by atomic mass is 35.5. The molecule has 1 aromatic carbocycles. The molecule has 1 aromatic rings. The Morgan fingerprint density at radius 2 is 1.95 bits per heavy atom. The van der Waals surface area contributed by atoms with Crippen molar-refractivity contribution < 1.29 is 23.2 Å². The summed E-state index contributed by atoms with van der Waals surface area (Å²) in [5, 5.41) is 23.5. The highest BCUT2D eigenvalue weighted by Gasteiger charge is 2.49. The summed E-state index contributed by atoms with van der Waals surface area (Å²) in [5.41, 5.74) is -1.62. The number of alkyl halides is 3. The van der Waals surface area contributed by atoms with Crippen molar-refractivity contribution >= 4 is 17.3 Å². The highest BCUT2D eigenvalue weighted by Crippen LogP contribution is 2.47. The third-order valence-electron chi connectivity index (χ3n) is 3.44. The fourth-order valence-electron chi connectivity index (χ4n) is 2.49. The minimum atomic E-state index is -4.79. The van der Waals surface area contributed by atoms with Crippen molar-refractivity contribution in [2.45, 2.75) is 12.2 Å². The number of hydrogen-bond acceptors (Lipinski definition) is 5. The molecule has 2 N–H and O–H groups in total. The first-order valence-electron chi connectivity index (χ1n) is 6.40. The van der Waals surface area contributed by atoms with Crippen molar-refractivity contribution in [1.82, 2.24) is 10.2 Å².